The number of rotatable bonds is 4. The minimum atomic E-state index is -3.52. The average Bonchev–Trinajstić information content (AvgIpc) is 2.81. The van der Waals surface area contributed by atoms with Crippen molar-refractivity contribution in [3.63, 3.8) is 0 Å². The number of benzene rings is 2. The van der Waals surface area contributed by atoms with E-state index in [2.05, 4.69) is 5.32 Å². The molecule has 1 N–H and O–H groups in total. The number of nitrogens with one attached hydrogen (secondary N) is 1. The third-order valence-corrected chi connectivity index (χ3v) is 5.66. The highest BCUT2D eigenvalue weighted by molar-refractivity contribution is 7.92. The van der Waals surface area contributed by atoms with Crippen molar-refractivity contribution in [3.05, 3.63) is 53.6 Å². The molecule has 0 saturated carbocycles. The van der Waals surface area contributed by atoms with Crippen molar-refractivity contribution in [1.29, 1.82) is 0 Å². The molecule has 1 amide bonds. The molecule has 1 atom stereocenters. The number of nitrogens with zero attached hydrogens (tertiary/aromatic N) is 1. The van der Waals surface area contributed by atoms with Crippen LogP contribution in [0.3, 0.4) is 0 Å². The number of carbonyl (C=O) groups is 2. The zero-order valence-corrected chi connectivity index (χ0v) is 16.7. The van der Waals surface area contributed by atoms with Crippen LogP contribution in [0.4, 0.5) is 11.4 Å². The van der Waals surface area contributed by atoms with E-state index in [-0.39, 0.29) is 18.7 Å². The Morgan fingerprint density at radius 2 is 1.93 bits per heavy atom. The number of sulfonamides is 1. The third-order valence-electron chi connectivity index (χ3n) is 4.48. The minimum absolute atomic E-state index is 0.102. The number of Topliss-reactive ketones (excluding diaryl/α,β-unsaturated/α-hetero) is 1. The van der Waals surface area contributed by atoms with E-state index in [0.29, 0.717) is 22.7 Å². The topological polar surface area (TPSA) is 92.8 Å². The lowest BCUT2D eigenvalue weighted by Crippen LogP contribution is -2.36. The van der Waals surface area contributed by atoms with Crippen LogP contribution in [0.5, 0.6) is 5.75 Å². The Morgan fingerprint density at radius 3 is 2.61 bits per heavy atom. The van der Waals surface area contributed by atoms with Crippen LogP contribution in [0.25, 0.3) is 0 Å². The summed E-state index contributed by atoms with van der Waals surface area (Å²) in [5.74, 6) is -0.163. The Balaban J connectivity index is 1.86. The van der Waals surface area contributed by atoms with Crippen LogP contribution in [-0.4, -0.2) is 39.0 Å². The Bertz CT molecular complexity index is 1030. The third kappa shape index (κ3) is 4.33. The van der Waals surface area contributed by atoms with E-state index in [1.807, 2.05) is 6.92 Å². The Labute approximate surface area is 164 Å². The molecule has 0 bridgehead atoms. The molecule has 8 heteroatoms. The van der Waals surface area contributed by atoms with Gasteiger partial charge in [-0.05, 0) is 43.7 Å². The molecule has 1 aliphatic heterocycles. The lowest BCUT2D eigenvalue weighted by Gasteiger charge is -2.21. The van der Waals surface area contributed by atoms with E-state index in [1.54, 1.807) is 42.5 Å². The van der Waals surface area contributed by atoms with Crippen molar-refractivity contribution >= 4 is 33.1 Å². The first-order chi connectivity index (χ1) is 13.1. The molecule has 1 aliphatic rings. The van der Waals surface area contributed by atoms with Crippen molar-refractivity contribution in [3.8, 4) is 5.75 Å². The van der Waals surface area contributed by atoms with Gasteiger partial charge in [-0.2, -0.15) is 0 Å². The molecule has 0 aliphatic carbocycles. The zero-order chi connectivity index (χ0) is 20.5. The highest BCUT2D eigenvalue weighted by Gasteiger charge is 2.31. The van der Waals surface area contributed by atoms with Gasteiger partial charge < -0.3 is 10.1 Å². The monoisotopic (exact) mass is 402 g/mol. The van der Waals surface area contributed by atoms with Crippen LogP contribution >= 0.6 is 0 Å². The number of aryl methyl sites for hydroxylation is 1. The first-order valence-corrected chi connectivity index (χ1v) is 10.7. The second-order valence-corrected chi connectivity index (χ2v) is 8.73. The second-order valence-electron chi connectivity index (χ2n) is 6.83. The fourth-order valence-corrected chi connectivity index (χ4v) is 3.99. The molecular formula is C20H22N2O5S. The van der Waals surface area contributed by atoms with Gasteiger partial charge in [0.25, 0.3) is 5.91 Å². The van der Waals surface area contributed by atoms with E-state index in [1.165, 1.54) is 11.2 Å². The molecule has 1 heterocycles. The number of hydrogen-bond acceptors (Lipinski definition) is 5. The first-order valence-electron chi connectivity index (χ1n) is 8.82. The van der Waals surface area contributed by atoms with Gasteiger partial charge in [-0.1, -0.05) is 18.2 Å². The SMILES string of the molecule is CC(=O)c1cccc(NC(=O)[C@H]2CCN(S(C)(=O)=O)c3cc(C)ccc3O2)c1. The summed E-state index contributed by atoms with van der Waals surface area (Å²) < 4.78 is 31.6. The average molecular weight is 402 g/mol. The second kappa shape index (κ2) is 7.63. The minimum Gasteiger partial charge on any atom is -0.478 e. The van der Waals surface area contributed by atoms with Gasteiger partial charge in [0, 0.05) is 24.2 Å². The molecule has 2 aromatic carbocycles. The van der Waals surface area contributed by atoms with E-state index < -0.39 is 22.0 Å². The number of fused-ring (bicyclic) bond motifs is 1. The van der Waals surface area contributed by atoms with Gasteiger partial charge in [-0.3, -0.25) is 13.9 Å². The molecule has 0 aromatic heterocycles. The molecule has 0 fully saturated rings. The molecule has 0 spiro atoms. The van der Waals surface area contributed by atoms with E-state index in [0.717, 1.165) is 11.8 Å². The Morgan fingerprint density at radius 1 is 1.18 bits per heavy atom. The van der Waals surface area contributed by atoms with Crippen LogP contribution in [0.15, 0.2) is 42.5 Å². The molecule has 2 aromatic rings. The number of ketones is 1. The van der Waals surface area contributed by atoms with Gasteiger partial charge in [0.2, 0.25) is 10.0 Å². The van der Waals surface area contributed by atoms with Crippen LogP contribution in [-0.2, 0) is 14.8 Å². The summed E-state index contributed by atoms with van der Waals surface area (Å²) in [5, 5.41) is 2.75. The van der Waals surface area contributed by atoms with Gasteiger partial charge in [-0.15, -0.1) is 0 Å². The zero-order valence-electron chi connectivity index (χ0n) is 15.9. The quantitative estimate of drug-likeness (QED) is 0.794. The van der Waals surface area contributed by atoms with Crippen molar-refractivity contribution in [1.82, 2.24) is 0 Å². The summed E-state index contributed by atoms with van der Waals surface area (Å²) in [4.78, 5) is 24.3. The van der Waals surface area contributed by atoms with Crippen LogP contribution in [0.2, 0.25) is 0 Å². The van der Waals surface area contributed by atoms with Crippen molar-refractivity contribution in [2.75, 3.05) is 22.4 Å². The molecule has 0 saturated heterocycles. The Kier molecular flexibility index (Phi) is 5.42. The molecule has 7 nitrogen and oxygen atoms in total. The predicted octanol–water partition coefficient (Wildman–Crippen LogP) is 2.75. The first kappa shape index (κ1) is 19.9. The fourth-order valence-electron chi connectivity index (χ4n) is 3.06. The summed E-state index contributed by atoms with van der Waals surface area (Å²) in [7, 11) is -3.52. The lowest BCUT2D eigenvalue weighted by atomic mass is 10.1. The summed E-state index contributed by atoms with van der Waals surface area (Å²) in [5.41, 5.74) is 2.29. The molecule has 0 radical (unpaired) electrons. The fraction of sp³-hybridized carbons (Fsp3) is 0.300. The van der Waals surface area contributed by atoms with Gasteiger partial charge >= 0.3 is 0 Å². The maximum atomic E-state index is 12.7. The number of anilines is 2. The summed E-state index contributed by atoms with van der Waals surface area (Å²) >= 11 is 0. The summed E-state index contributed by atoms with van der Waals surface area (Å²) in [6, 6.07) is 11.8. The standard InChI is InChI=1S/C20H22N2O5S/c1-13-7-8-18-17(11-13)22(28(3,25)26)10-9-19(27-18)20(24)21-16-6-4-5-15(12-16)14(2)23/h4-8,11-12,19H,9-10H2,1-3H3,(H,21,24)/t19-/m1/s1. The summed E-state index contributed by atoms with van der Waals surface area (Å²) in [6.07, 6.45) is 0.459. The Hall–Kier alpha value is -2.87. The van der Waals surface area contributed by atoms with Crippen LogP contribution < -0.4 is 14.4 Å². The number of ether oxygens (including phenoxy) is 1. The van der Waals surface area contributed by atoms with Gasteiger partial charge in [0.15, 0.2) is 11.9 Å². The van der Waals surface area contributed by atoms with Gasteiger partial charge in [-0.25, -0.2) is 8.42 Å². The maximum absolute atomic E-state index is 12.7. The van der Waals surface area contributed by atoms with E-state index in [4.69, 9.17) is 4.74 Å². The van der Waals surface area contributed by atoms with E-state index >= 15 is 0 Å². The highest BCUT2D eigenvalue weighted by Crippen LogP contribution is 2.35. The van der Waals surface area contributed by atoms with Crippen LogP contribution in [0.1, 0.15) is 29.3 Å². The van der Waals surface area contributed by atoms with Crippen molar-refractivity contribution in [2.45, 2.75) is 26.4 Å². The van der Waals surface area contributed by atoms with Crippen LogP contribution in [0, 0.1) is 6.92 Å². The van der Waals surface area contributed by atoms with Gasteiger partial charge in [0.1, 0.15) is 5.75 Å². The number of amides is 1. The van der Waals surface area contributed by atoms with Crippen molar-refractivity contribution < 1.29 is 22.7 Å². The normalized spacial score (nSPS) is 16.5. The predicted molar refractivity (Wildman–Crippen MR) is 107 cm³/mol. The van der Waals surface area contributed by atoms with Gasteiger partial charge in [0.05, 0.1) is 11.9 Å². The molecule has 28 heavy (non-hydrogen) atoms. The molecule has 0 unspecified atom stereocenters. The molecule has 3 rings (SSSR count). The maximum Gasteiger partial charge on any atom is 0.265 e. The largest absolute Gasteiger partial charge is 0.478 e. The number of carbonyl (C=O) groups excluding carboxylic acids is 2. The van der Waals surface area contributed by atoms with Crippen molar-refractivity contribution in [2.24, 2.45) is 0 Å². The number of hydrogen-bond donors (Lipinski definition) is 1. The smallest absolute Gasteiger partial charge is 0.265 e. The highest BCUT2D eigenvalue weighted by atomic mass is 32.2. The molecule has 148 valence electrons. The van der Waals surface area contributed by atoms with E-state index in [9.17, 15) is 18.0 Å². The molecular weight excluding hydrogens is 380 g/mol. The summed E-state index contributed by atoms with van der Waals surface area (Å²) in [6.45, 7) is 3.44. The lowest BCUT2D eigenvalue weighted by molar-refractivity contribution is -0.122.